The van der Waals surface area contributed by atoms with Crippen molar-refractivity contribution in [1.29, 1.82) is 0 Å². The number of ether oxygens (including phenoxy) is 1. The molecule has 3 rings (SSSR count). The minimum Gasteiger partial charge on any atom is -0.378 e. The van der Waals surface area contributed by atoms with Crippen LogP contribution >= 0.6 is 24.0 Å². The number of anilines is 1. The van der Waals surface area contributed by atoms with Crippen LogP contribution in [0.2, 0.25) is 0 Å². The molecule has 0 spiro atoms. The number of amides is 2. The summed E-state index contributed by atoms with van der Waals surface area (Å²) in [5, 5.41) is -0.729. The van der Waals surface area contributed by atoms with Gasteiger partial charge in [-0.3, -0.25) is 9.59 Å². The molecule has 140 valence electrons. The van der Waals surface area contributed by atoms with Crippen molar-refractivity contribution in [3.63, 3.8) is 0 Å². The minimum atomic E-state index is -4.55. The number of halogens is 3. The van der Waals surface area contributed by atoms with Crippen LogP contribution in [-0.4, -0.2) is 52.6 Å². The second-order valence-electron chi connectivity index (χ2n) is 5.79. The van der Waals surface area contributed by atoms with E-state index in [1.807, 2.05) is 4.90 Å². The molecule has 0 aliphatic carbocycles. The molecular weight excluding hydrogens is 389 g/mol. The third-order valence-corrected chi connectivity index (χ3v) is 5.71. The Morgan fingerprint density at radius 3 is 2.58 bits per heavy atom. The van der Waals surface area contributed by atoms with Crippen LogP contribution in [0, 0.1) is 0 Å². The molecule has 2 aliphatic rings. The number of benzene rings is 1. The average molecular weight is 404 g/mol. The topological polar surface area (TPSA) is 49.9 Å². The molecule has 2 aliphatic heterocycles. The van der Waals surface area contributed by atoms with E-state index in [1.165, 1.54) is 12.1 Å². The summed E-state index contributed by atoms with van der Waals surface area (Å²) in [7, 11) is 0. The van der Waals surface area contributed by atoms with Gasteiger partial charge >= 0.3 is 6.18 Å². The van der Waals surface area contributed by atoms with Crippen LogP contribution in [-0.2, 0) is 20.5 Å². The largest absolute Gasteiger partial charge is 0.416 e. The lowest BCUT2D eigenvalue weighted by Gasteiger charge is -2.29. The second-order valence-corrected chi connectivity index (χ2v) is 7.63. The first-order chi connectivity index (χ1) is 12.3. The lowest BCUT2D eigenvalue weighted by atomic mass is 10.2. The zero-order chi connectivity index (χ0) is 18.9. The Morgan fingerprint density at radius 2 is 1.92 bits per heavy atom. The van der Waals surface area contributed by atoms with Crippen molar-refractivity contribution in [2.75, 3.05) is 31.2 Å². The summed E-state index contributed by atoms with van der Waals surface area (Å²) in [6, 6.07) is 4.20. The van der Waals surface area contributed by atoms with E-state index >= 15 is 0 Å². The lowest BCUT2D eigenvalue weighted by molar-refractivity contribution is -0.137. The van der Waals surface area contributed by atoms with Crippen molar-refractivity contribution in [2.45, 2.75) is 17.8 Å². The van der Waals surface area contributed by atoms with Gasteiger partial charge in [-0.15, -0.1) is 0 Å². The highest BCUT2D eigenvalue weighted by Crippen LogP contribution is 2.35. The molecule has 0 saturated carbocycles. The number of hydrogen-bond donors (Lipinski definition) is 0. The molecule has 2 saturated heterocycles. The number of nitrogens with zero attached hydrogens (tertiary/aromatic N) is 2. The Bertz CT molecular complexity index is 736. The summed E-state index contributed by atoms with van der Waals surface area (Å²) in [5.41, 5.74) is -0.981. The van der Waals surface area contributed by atoms with Crippen molar-refractivity contribution in [3.05, 3.63) is 29.8 Å². The molecule has 5 nitrogen and oxygen atoms in total. The van der Waals surface area contributed by atoms with Crippen LogP contribution in [0.15, 0.2) is 24.3 Å². The van der Waals surface area contributed by atoms with Gasteiger partial charge in [0.25, 0.3) is 0 Å². The van der Waals surface area contributed by atoms with Crippen molar-refractivity contribution in [1.82, 2.24) is 4.90 Å². The van der Waals surface area contributed by atoms with Gasteiger partial charge in [-0.2, -0.15) is 13.2 Å². The maximum absolute atomic E-state index is 12.9. The van der Waals surface area contributed by atoms with Gasteiger partial charge < -0.3 is 9.64 Å². The van der Waals surface area contributed by atoms with Crippen molar-refractivity contribution in [3.8, 4) is 0 Å². The van der Waals surface area contributed by atoms with Crippen LogP contribution in [0.3, 0.4) is 0 Å². The van der Waals surface area contributed by atoms with Crippen LogP contribution in [0.5, 0.6) is 0 Å². The molecule has 1 aromatic carbocycles. The fraction of sp³-hybridized carbons (Fsp3) is 0.438. The molecule has 0 radical (unpaired) electrons. The number of imide groups is 1. The van der Waals surface area contributed by atoms with Gasteiger partial charge in [0, 0.05) is 19.5 Å². The maximum Gasteiger partial charge on any atom is 0.416 e. The SMILES string of the molecule is O=C1CC(SC(=S)N2CCOCC2)C(=O)N1c1cccc(C(F)(F)F)c1. The Hall–Kier alpha value is -1.65. The van der Waals surface area contributed by atoms with E-state index < -0.39 is 28.8 Å². The highest BCUT2D eigenvalue weighted by atomic mass is 32.2. The molecule has 1 unspecified atom stereocenters. The van der Waals surface area contributed by atoms with Gasteiger partial charge in [-0.05, 0) is 18.2 Å². The predicted octanol–water partition coefficient (Wildman–Crippen LogP) is 2.69. The van der Waals surface area contributed by atoms with Crippen molar-refractivity contribution >= 4 is 45.8 Å². The molecule has 2 fully saturated rings. The van der Waals surface area contributed by atoms with E-state index in [9.17, 15) is 22.8 Å². The van der Waals surface area contributed by atoms with Crippen molar-refractivity contribution < 1.29 is 27.5 Å². The summed E-state index contributed by atoms with van der Waals surface area (Å²) in [6.07, 6.45) is -4.64. The second kappa shape index (κ2) is 7.53. The molecular formula is C16H15F3N2O3S2. The summed E-state index contributed by atoms with van der Waals surface area (Å²) in [4.78, 5) is 27.6. The quantitative estimate of drug-likeness (QED) is 0.558. The Balaban J connectivity index is 1.74. The molecule has 0 aromatic heterocycles. The highest BCUT2D eigenvalue weighted by molar-refractivity contribution is 8.23. The maximum atomic E-state index is 12.9. The van der Waals surface area contributed by atoms with E-state index in [0.717, 1.165) is 28.8 Å². The summed E-state index contributed by atoms with van der Waals surface area (Å²) >= 11 is 6.43. The third-order valence-electron chi connectivity index (χ3n) is 4.05. The minimum absolute atomic E-state index is 0.0739. The fourth-order valence-electron chi connectivity index (χ4n) is 2.73. The molecule has 26 heavy (non-hydrogen) atoms. The standard InChI is InChI=1S/C16H15F3N2O3S2/c17-16(18,19)10-2-1-3-11(8-10)21-13(22)9-12(14(21)23)26-15(25)20-4-6-24-7-5-20/h1-3,8,12H,4-7,9H2. The average Bonchev–Trinajstić information content (AvgIpc) is 2.88. The first kappa shape index (κ1) is 19.1. The summed E-state index contributed by atoms with van der Waals surface area (Å²) < 4.78 is 44.4. The first-order valence-electron chi connectivity index (χ1n) is 7.85. The number of alkyl halides is 3. The fourth-order valence-corrected chi connectivity index (χ4v) is 4.27. The van der Waals surface area contributed by atoms with Crippen LogP contribution in [0.4, 0.5) is 18.9 Å². The monoisotopic (exact) mass is 404 g/mol. The van der Waals surface area contributed by atoms with Gasteiger partial charge in [0.1, 0.15) is 9.57 Å². The van der Waals surface area contributed by atoms with E-state index in [2.05, 4.69) is 0 Å². The number of carbonyl (C=O) groups excluding carboxylic acids is 2. The van der Waals surface area contributed by atoms with Gasteiger partial charge in [-0.1, -0.05) is 30.0 Å². The van der Waals surface area contributed by atoms with E-state index in [4.69, 9.17) is 17.0 Å². The van der Waals surface area contributed by atoms with E-state index in [-0.39, 0.29) is 12.1 Å². The molecule has 0 N–H and O–H groups in total. The zero-order valence-corrected chi connectivity index (χ0v) is 15.1. The normalized spacial score (nSPS) is 21.4. The number of thioether (sulfide) groups is 1. The predicted molar refractivity (Wildman–Crippen MR) is 94.9 cm³/mol. The molecule has 1 atom stereocenters. The Labute approximate surface area is 157 Å². The molecule has 10 heteroatoms. The lowest BCUT2D eigenvalue weighted by Crippen LogP contribution is -2.39. The number of rotatable bonds is 2. The van der Waals surface area contributed by atoms with Crippen LogP contribution in [0.1, 0.15) is 12.0 Å². The molecule has 0 bridgehead atoms. The van der Waals surface area contributed by atoms with E-state index in [1.54, 1.807) is 0 Å². The Morgan fingerprint density at radius 1 is 1.23 bits per heavy atom. The number of hydrogen-bond acceptors (Lipinski definition) is 5. The van der Waals surface area contributed by atoms with Crippen LogP contribution < -0.4 is 4.90 Å². The van der Waals surface area contributed by atoms with Gasteiger partial charge in [-0.25, -0.2) is 4.90 Å². The van der Waals surface area contributed by atoms with Gasteiger partial charge in [0.15, 0.2) is 0 Å². The summed E-state index contributed by atoms with van der Waals surface area (Å²) in [5.74, 6) is -1.08. The Kier molecular flexibility index (Phi) is 5.54. The number of thiocarbonyl (C=S) groups is 1. The molecule has 2 heterocycles. The smallest absolute Gasteiger partial charge is 0.378 e. The number of morpholine rings is 1. The first-order valence-corrected chi connectivity index (χ1v) is 9.13. The summed E-state index contributed by atoms with van der Waals surface area (Å²) in [6.45, 7) is 2.29. The van der Waals surface area contributed by atoms with Gasteiger partial charge in [0.05, 0.1) is 24.5 Å². The van der Waals surface area contributed by atoms with E-state index in [0.29, 0.717) is 30.6 Å². The molecule has 2 amide bonds. The van der Waals surface area contributed by atoms with Crippen LogP contribution in [0.25, 0.3) is 0 Å². The van der Waals surface area contributed by atoms with Crippen molar-refractivity contribution in [2.24, 2.45) is 0 Å². The highest BCUT2D eigenvalue weighted by Gasteiger charge is 2.42. The molecule has 1 aromatic rings. The third kappa shape index (κ3) is 4.02. The van der Waals surface area contributed by atoms with Gasteiger partial charge in [0.2, 0.25) is 11.8 Å². The number of carbonyl (C=O) groups is 2. The zero-order valence-electron chi connectivity index (χ0n) is 13.5.